The molecule has 0 aromatic carbocycles. The van der Waals surface area contributed by atoms with Gasteiger partial charge in [0.25, 0.3) is 0 Å². The highest BCUT2D eigenvalue weighted by Gasteiger charge is 2.39. The third-order valence-corrected chi connectivity index (χ3v) is 2.11. The van der Waals surface area contributed by atoms with E-state index < -0.39 is 11.6 Å². The molecule has 0 spiro atoms. The number of carboxylic acid groups (broad SMARTS) is 1. The number of rotatable bonds is 0. The first-order chi connectivity index (χ1) is 5.10. The number of amides is 1. The van der Waals surface area contributed by atoms with Crippen LogP contribution >= 0.6 is 0 Å². The van der Waals surface area contributed by atoms with E-state index in [1.807, 2.05) is 6.07 Å². The largest absolute Gasteiger partial charge is 0.465 e. The topological polar surface area (TPSA) is 64.3 Å². The van der Waals surface area contributed by atoms with E-state index >= 15 is 0 Å². The molecule has 4 heteroatoms. The maximum atomic E-state index is 10.6. The fraction of sp³-hybridized carbons (Fsp3) is 0.714. The molecule has 1 saturated heterocycles. The number of carbonyl (C=O) groups is 1. The normalized spacial score (nSPS) is 30.0. The maximum absolute atomic E-state index is 10.6. The van der Waals surface area contributed by atoms with Crippen molar-refractivity contribution in [3.05, 3.63) is 0 Å². The minimum atomic E-state index is -0.994. The van der Waals surface area contributed by atoms with Crippen molar-refractivity contribution in [2.24, 2.45) is 0 Å². The number of likely N-dealkylation sites (tertiary alicyclic amines) is 1. The molecule has 11 heavy (non-hydrogen) atoms. The Balaban J connectivity index is 2.82. The second kappa shape index (κ2) is 2.42. The summed E-state index contributed by atoms with van der Waals surface area (Å²) in [4.78, 5) is 11.8. The van der Waals surface area contributed by atoms with Gasteiger partial charge in [0, 0.05) is 6.54 Å². The minimum Gasteiger partial charge on any atom is -0.465 e. The van der Waals surface area contributed by atoms with E-state index in [2.05, 4.69) is 0 Å². The van der Waals surface area contributed by atoms with Crippen LogP contribution in [0.25, 0.3) is 0 Å². The summed E-state index contributed by atoms with van der Waals surface area (Å²) in [6.45, 7) is 2.15. The predicted molar refractivity (Wildman–Crippen MR) is 38.0 cm³/mol. The molecule has 0 saturated carbocycles. The maximum Gasteiger partial charge on any atom is 0.408 e. The lowest BCUT2D eigenvalue weighted by Crippen LogP contribution is -2.43. The molecule has 0 unspecified atom stereocenters. The molecule has 1 aliphatic rings. The van der Waals surface area contributed by atoms with Crippen molar-refractivity contribution < 1.29 is 9.90 Å². The summed E-state index contributed by atoms with van der Waals surface area (Å²) in [5, 5.41) is 17.3. The summed E-state index contributed by atoms with van der Waals surface area (Å²) in [6.07, 6.45) is 0.443. The molecule has 1 fully saturated rings. The Kier molecular flexibility index (Phi) is 1.73. The first-order valence-corrected chi connectivity index (χ1v) is 3.52. The van der Waals surface area contributed by atoms with Gasteiger partial charge < -0.3 is 5.11 Å². The summed E-state index contributed by atoms with van der Waals surface area (Å²) >= 11 is 0. The SMILES string of the molecule is C[C@]1(C#N)CCCN1C(=O)O. The van der Waals surface area contributed by atoms with Gasteiger partial charge in [0.2, 0.25) is 0 Å². The number of hydrogen-bond acceptors (Lipinski definition) is 2. The van der Waals surface area contributed by atoms with E-state index in [-0.39, 0.29) is 0 Å². The molecule has 0 bridgehead atoms. The van der Waals surface area contributed by atoms with Gasteiger partial charge in [-0.3, -0.25) is 4.90 Å². The van der Waals surface area contributed by atoms with Crippen LogP contribution in [0.15, 0.2) is 0 Å². The highest BCUT2D eigenvalue weighted by Crippen LogP contribution is 2.27. The van der Waals surface area contributed by atoms with Crippen LogP contribution in [0.5, 0.6) is 0 Å². The smallest absolute Gasteiger partial charge is 0.408 e. The minimum absolute atomic E-state index is 0.486. The molecule has 1 amide bonds. The number of hydrogen-bond donors (Lipinski definition) is 1. The molecule has 1 N–H and O–H groups in total. The Morgan fingerprint density at radius 3 is 2.82 bits per heavy atom. The van der Waals surface area contributed by atoms with Crippen LogP contribution in [-0.4, -0.2) is 28.2 Å². The third kappa shape index (κ3) is 1.14. The average Bonchev–Trinajstić information content (AvgIpc) is 2.32. The number of nitriles is 1. The Labute approximate surface area is 65.0 Å². The van der Waals surface area contributed by atoms with Crippen molar-refractivity contribution in [3.63, 3.8) is 0 Å². The van der Waals surface area contributed by atoms with Crippen molar-refractivity contribution in [2.75, 3.05) is 6.54 Å². The van der Waals surface area contributed by atoms with Crippen molar-refractivity contribution >= 4 is 6.09 Å². The molecule has 0 radical (unpaired) electrons. The van der Waals surface area contributed by atoms with Crippen molar-refractivity contribution in [1.29, 1.82) is 5.26 Å². The Morgan fingerprint density at radius 1 is 1.82 bits per heavy atom. The second-order valence-electron chi connectivity index (χ2n) is 2.92. The van der Waals surface area contributed by atoms with E-state index in [9.17, 15) is 4.79 Å². The van der Waals surface area contributed by atoms with Crippen LogP contribution < -0.4 is 0 Å². The summed E-state index contributed by atoms with van der Waals surface area (Å²) in [5.74, 6) is 0. The second-order valence-corrected chi connectivity index (χ2v) is 2.92. The van der Waals surface area contributed by atoms with Crippen molar-refractivity contribution in [1.82, 2.24) is 4.90 Å². The highest BCUT2D eigenvalue weighted by molar-refractivity contribution is 5.67. The molecule has 0 aromatic rings. The molecular formula is C7H10N2O2. The van der Waals surface area contributed by atoms with E-state index in [1.54, 1.807) is 6.92 Å². The first-order valence-electron chi connectivity index (χ1n) is 3.52. The monoisotopic (exact) mass is 154 g/mol. The quantitative estimate of drug-likeness (QED) is 0.567. The van der Waals surface area contributed by atoms with Gasteiger partial charge >= 0.3 is 6.09 Å². The van der Waals surface area contributed by atoms with E-state index in [1.165, 1.54) is 4.90 Å². The zero-order chi connectivity index (χ0) is 8.48. The zero-order valence-electron chi connectivity index (χ0n) is 6.37. The van der Waals surface area contributed by atoms with E-state index in [4.69, 9.17) is 10.4 Å². The predicted octanol–water partition coefficient (Wildman–Crippen LogP) is 1.04. The van der Waals surface area contributed by atoms with Crippen LogP contribution in [0, 0.1) is 11.3 Å². The van der Waals surface area contributed by atoms with Crippen LogP contribution in [0.1, 0.15) is 19.8 Å². The lowest BCUT2D eigenvalue weighted by molar-refractivity contribution is 0.128. The van der Waals surface area contributed by atoms with Gasteiger partial charge in [0.1, 0.15) is 5.54 Å². The first kappa shape index (κ1) is 7.86. The van der Waals surface area contributed by atoms with Gasteiger partial charge in [-0.1, -0.05) is 0 Å². The lowest BCUT2D eigenvalue weighted by atomic mass is 10.0. The van der Waals surface area contributed by atoms with Gasteiger partial charge in [-0.05, 0) is 19.8 Å². The van der Waals surface area contributed by atoms with Crippen molar-refractivity contribution in [2.45, 2.75) is 25.3 Å². The molecule has 1 atom stereocenters. The standard InChI is InChI=1S/C7H10N2O2/c1-7(5-8)3-2-4-9(7)6(10)11/h2-4H2,1H3,(H,10,11)/t7-/m1/s1. The van der Waals surface area contributed by atoms with E-state index in [0.717, 1.165) is 6.42 Å². The Morgan fingerprint density at radius 2 is 2.45 bits per heavy atom. The summed E-state index contributed by atoms with van der Waals surface area (Å²) in [6, 6.07) is 2.02. The molecule has 0 aromatic heterocycles. The van der Waals surface area contributed by atoms with Gasteiger partial charge in [-0.15, -0.1) is 0 Å². The van der Waals surface area contributed by atoms with E-state index in [0.29, 0.717) is 13.0 Å². The summed E-state index contributed by atoms with van der Waals surface area (Å²) < 4.78 is 0. The number of nitrogens with zero attached hydrogens (tertiary/aromatic N) is 2. The molecule has 0 aliphatic carbocycles. The molecule has 4 nitrogen and oxygen atoms in total. The van der Waals surface area contributed by atoms with Crippen LogP contribution in [-0.2, 0) is 0 Å². The Bertz CT molecular complexity index is 221. The van der Waals surface area contributed by atoms with Crippen molar-refractivity contribution in [3.8, 4) is 6.07 Å². The molecule has 1 aliphatic heterocycles. The van der Waals surface area contributed by atoms with Gasteiger partial charge in [0.05, 0.1) is 6.07 Å². The summed E-state index contributed by atoms with van der Waals surface area (Å²) in [5.41, 5.74) is -0.786. The fourth-order valence-electron chi connectivity index (χ4n) is 1.39. The van der Waals surface area contributed by atoms with Gasteiger partial charge in [-0.2, -0.15) is 5.26 Å². The third-order valence-electron chi connectivity index (χ3n) is 2.11. The van der Waals surface area contributed by atoms with Crippen LogP contribution in [0.4, 0.5) is 4.79 Å². The highest BCUT2D eigenvalue weighted by atomic mass is 16.4. The molecular weight excluding hydrogens is 144 g/mol. The Hall–Kier alpha value is -1.24. The van der Waals surface area contributed by atoms with Gasteiger partial charge in [-0.25, -0.2) is 4.79 Å². The van der Waals surface area contributed by atoms with Gasteiger partial charge in [0.15, 0.2) is 0 Å². The van der Waals surface area contributed by atoms with Crippen LogP contribution in [0.3, 0.4) is 0 Å². The summed E-state index contributed by atoms with van der Waals surface area (Å²) in [7, 11) is 0. The molecule has 1 heterocycles. The lowest BCUT2D eigenvalue weighted by Gasteiger charge is -2.25. The average molecular weight is 154 g/mol. The van der Waals surface area contributed by atoms with Crippen LogP contribution in [0.2, 0.25) is 0 Å². The molecule has 60 valence electrons. The molecule has 1 rings (SSSR count). The zero-order valence-corrected chi connectivity index (χ0v) is 6.37. The fourth-order valence-corrected chi connectivity index (χ4v) is 1.39.